The molecule has 0 aliphatic carbocycles. The highest BCUT2D eigenvalue weighted by Crippen LogP contribution is 2.17. The van der Waals surface area contributed by atoms with Gasteiger partial charge in [0.25, 0.3) is 0 Å². The van der Waals surface area contributed by atoms with Crippen LogP contribution in [0.2, 0.25) is 0 Å². The van der Waals surface area contributed by atoms with Gasteiger partial charge in [-0.25, -0.2) is 9.59 Å². The first-order chi connectivity index (χ1) is 17.7. The van der Waals surface area contributed by atoms with E-state index in [0.717, 1.165) is 11.1 Å². The number of ether oxygens (including phenoxy) is 2. The Balaban J connectivity index is 1.41. The van der Waals surface area contributed by atoms with Gasteiger partial charge in [-0.2, -0.15) is 0 Å². The summed E-state index contributed by atoms with van der Waals surface area (Å²) in [6.07, 6.45) is -0.813. The Labute approximate surface area is 214 Å². The minimum atomic E-state index is -0.813. The molecule has 0 bridgehead atoms. The van der Waals surface area contributed by atoms with Gasteiger partial charge in [-0.1, -0.05) is 29.8 Å². The van der Waals surface area contributed by atoms with Crippen LogP contribution in [-0.2, 0) is 4.79 Å². The maximum Gasteiger partial charge on any atom is 0.418 e. The number of amidine groups is 1. The molecule has 3 aromatic carbocycles. The molecule has 0 aromatic heterocycles. The number of hydrogen-bond acceptors (Lipinski definition) is 6. The molecule has 10 nitrogen and oxygen atoms in total. The van der Waals surface area contributed by atoms with Crippen LogP contribution in [0.1, 0.15) is 29.7 Å². The molecule has 4 amide bonds. The Morgan fingerprint density at radius 1 is 0.892 bits per heavy atom. The summed E-state index contributed by atoms with van der Waals surface area (Å²) in [5.41, 5.74) is 2.96. The summed E-state index contributed by atoms with van der Waals surface area (Å²) >= 11 is 0. The third-order valence-electron chi connectivity index (χ3n) is 5.29. The minimum Gasteiger partial charge on any atom is -0.497 e. The predicted molar refractivity (Wildman–Crippen MR) is 140 cm³/mol. The summed E-state index contributed by atoms with van der Waals surface area (Å²) in [4.78, 5) is 36.4. The number of hydrogen-bond donors (Lipinski definition) is 5. The van der Waals surface area contributed by atoms with Crippen LogP contribution in [0.25, 0.3) is 0 Å². The van der Waals surface area contributed by atoms with Crippen LogP contribution in [0.4, 0.5) is 15.3 Å². The third-order valence-corrected chi connectivity index (χ3v) is 5.29. The number of methoxy groups -OCH3 is 1. The summed E-state index contributed by atoms with van der Waals surface area (Å²) in [5.74, 6) is 0.433. The average Bonchev–Trinajstić information content (AvgIpc) is 2.88. The summed E-state index contributed by atoms with van der Waals surface area (Å²) in [5, 5.41) is 18.4. The van der Waals surface area contributed by atoms with E-state index in [-0.39, 0.29) is 24.3 Å². The lowest BCUT2D eigenvalue weighted by Crippen LogP contribution is -2.39. The summed E-state index contributed by atoms with van der Waals surface area (Å²) in [6, 6.07) is 19.8. The molecule has 0 heterocycles. The van der Waals surface area contributed by atoms with E-state index in [1.165, 1.54) is 7.11 Å². The average molecular weight is 504 g/mol. The highest BCUT2D eigenvalue weighted by atomic mass is 16.6. The standard InChI is InChI=1S/C27H29N5O5/c1-17-4-6-19(7-5-17)18(2)30-24(33)16-29-26(34)31-21-10-8-20(9-11-21)25(28)32-27(35)37-23-14-12-22(36-3)13-15-23/h4-15,18H,16H2,1-3H3,(H,30,33)(H2,28,32,35)(H2,29,31,34)/t18-/m0/s1. The largest absolute Gasteiger partial charge is 0.497 e. The molecule has 0 aliphatic heterocycles. The molecule has 0 spiro atoms. The summed E-state index contributed by atoms with van der Waals surface area (Å²) in [6.45, 7) is 3.67. The number of carbonyl (C=O) groups excluding carboxylic acids is 3. The zero-order valence-electron chi connectivity index (χ0n) is 20.8. The van der Waals surface area contributed by atoms with Gasteiger partial charge >= 0.3 is 12.1 Å². The lowest BCUT2D eigenvalue weighted by Gasteiger charge is -2.15. The second-order valence-corrected chi connectivity index (χ2v) is 8.15. The van der Waals surface area contributed by atoms with Gasteiger partial charge in [0, 0.05) is 11.3 Å². The lowest BCUT2D eigenvalue weighted by atomic mass is 10.1. The molecule has 0 saturated carbocycles. The first kappa shape index (κ1) is 26.7. The first-order valence-corrected chi connectivity index (χ1v) is 11.5. The molecule has 0 unspecified atom stereocenters. The lowest BCUT2D eigenvalue weighted by molar-refractivity contribution is -0.120. The van der Waals surface area contributed by atoms with Crippen molar-refractivity contribution in [1.29, 1.82) is 5.41 Å². The van der Waals surface area contributed by atoms with Crippen LogP contribution in [0.5, 0.6) is 11.5 Å². The smallest absolute Gasteiger partial charge is 0.418 e. The highest BCUT2D eigenvalue weighted by Gasteiger charge is 2.12. The van der Waals surface area contributed by atoms with Crippen LogP contribution in [0.3, 0.4) is 0 Å². The van der Waals surface area contributed by atoms with Gasteiger partial charge in [0.2, 0.25) is 5.91 Å². The molecule has 0 fully saturated rings. The number of urea groups is 1. The Hall–Kier alpha value is -4.86. The fourth-order valence-corrected chi connectivity index (χ4v) is 3.24. The van der Waals surface area contributed by atoms with Gasteiger partial charge in [0.15, 0.2) is 0 Å². The van der Waals surface area contributed by atoms with E-state index < -0.39 is 12.1 Å². The Kier molecular flexibility index (Phi) is 9.20. The number of amides is 4. The fraction of sp³-hybridized carbons (Fsp3) is 0.185. The van der Waals surface area contributed by atoms with Crippen molar-refractivity contribution in [3.05, 3.63) is 89.5 Å². The van der Waals surface area contributed by atoms with Crippen molar-refractivity contribution in [1.82, 2.24) is 16.0 Å². The monoisotopic (exact) mass is 503 g/mol. The minimum absolute atomic E-state index is 0.172. The molecule has 0 radical (unpaired) electrons. The molecule has 1 atom stereocenters. The van der Waals surface area contributed by atoms with E-state index in [1.807, 2.05) is 38.1 Å². The van der Waals surface area contributed by atoms with Crippen molar-refractivity contribution < 1.29 is 23.9 Å². The van der Waals surface area contributed by atoms with E-state index in [2.05, 4.69) is 21.3 Å². The molecule has 10 heteroatoms. The van der Waals surface area contributed by atoms with Crippen LogP contribution in [-0.4, -0.2) is 37.5 Å². The van der Waals surface area contributed by atoms with Crippen molar-refractivity contribution in [2.75, 3.05) is 19.0 Å². The Morgan fingerprint density at radius 2 is 1.51 bits per heavy atom. The maximum absolute atomic E-state index is 12.2. The quantitative estimate of drug-likeness (QED) is 0.232. The topological polar surface area (TPSA) is 142 Å². The summed E-state index contributed by atoms with van der Waals surface area (Å²) < 4.78 is 10.2. The van der Waals surface area contributed by atoms with Gasteiger partial charge in [0.1, 0.15) is 17.3 Å². The SMILES string of the molecule is COc1ccc(OC(=O)NC(=N)c2ccc(NC(=O)NCC(=O)N[C@@H](C)c3ccc(C)cc3)cc2)cc1. The van der Waals surface area contributed by atoms with E-state index in [0.29, 0.717) is 22.7 Å². The fourth-order valence-electron chi connectivity index (χ4n) is 3.24. The second kappa shape index (κ2) is 12.7. The van der Waals surface area contributed by atoms with Gasteiger partial charge in [-0.15, -0.1) is 0 Å². The molecule has 37 heavy (non-hydrogen) atoms. The normalized spacial score (nSPS) is 11.0. The van der Waals surface area contributed by atoms with Crippen LogP contribution < -0.4 is 30.7 Å². The number of aryl methyl sites for hydroxylation is 1. The Morgan fingerprint density at radius 3 is 2.14 bits per heavy atom. The molecule has 0 saturated heterocycles. The molecule has 5 N–H and O–H groups in total. The van der Waals surface area contributed by atoms with E-state index in [4.69, 9.17) is 14.9 Å². The van der Waals surface area contributed by atoms with Crippen molar-refractivity contribution >= 4 is 29.6 Å². The number of rotatable bonds is 8. The highest BCUT2D eigenvalue weighted by molar-refractivity contribution is 6.05. The number of nitrogens with one attached hydrogen (secondary N) is 5. The van der Waals surface area contributed by atoms with Crippen LogP contribution in [0, 0.1) is 12.3 Å². The van der Waals surface area contributed by atoms with Gasteiger partial charge in [-0.3, -0.25) is 15.5 Å². The number of anilines is 1. The molecular formula is C27H29N5O5. The zero-order chi connectivity index (χ0) is 26.8. The van der Waals surface area contributed by atoms with Gasteiger partial charge in [-0.05, 0) is 67.9 Å². The van der Waals surface area contributed by atoms with E-state index in [1.54, 1.807) is 48.5 Å². The zero-order valence-corrected chi connectivity index (χ0v) is 20.8. The van der Waals surface area contributed by atoms with Crippen molar-refractivity contribution in [3.8, 4) is 11.5 Å². The van der Waals surface area contributed by atoms with Crippen LogP contribution in [0.15, 0.2) is 72.8 Å². The van der Waals surface area contributed by atoms with Gasteiger partial charge < -0.3 is 25.4 Å². The van der Waals surface area contributed by atoms with Gasteiger partial charge in [0.05, 0.1) is 19.7 Å². The number of benzene rings is 3. The number of carbonyl (C=O) groups is 3. The molecule has 192 valence electrons. The molecule has 3 aromatic rings. The molecular weight excluding hydrogens is 474 g/mol. The second-order valence-electron chi connectivity index (χ2n) is 8.15. The summed E-state index contributed by atoms with van der Waals surface area (Å²) in [7, 11) is 1.53. The van der Waals surface area contributed by atoms with E-state index in [9.17, 15) is 14.4 Å². The van der Waals surface area contributed by atoms with Crippen molar-refractivity contribution in [2.45, 2.75) is 19.9 Å². The van der Waals surface area contributed by atoms with Crippen molar-refractivity contribution in [2.24, 2.45) is 0 Å². The third kappa shape index (κ3) is 8.39. The predicted octanol–water partition coefficient (Wildman–Crippen LogP) is 4.12. The Bertz CT molecular complexity index is 1240. The van der Waals surface area contributed by atoms with Crippen molar-refractivity contribution in [3.63, 3.8) is 0 Å². The van der Waals surface area contributed by atoms with Crippen LogP contribution >= 0.6 is 0 Å². The maximum atomic E-state index is 12.2. The molecule has 3 rings (SSSR count). The first-order valence-electron chi connectivity index (χ1n) is 11.5. The van der Waals surface area contributed by atoms with E-state index >= 15 is 0 Å². The molecule has 0 aliphatic rings.